The molecule has 3 atom stereocenters. The maximum absolute atomic E-state index is 10.8. The predicted molar refractivity (Wildman–Crippen MR) is 101 cm³/mol. The number of rotatable bonds is 8. The minimum absolute atomic E-state index is 0.0212. The molecule has 0 saturated carbocycles. The molecule has 0 saturated heterocycles. The van der Waals surface area contributed by atoms with Gasteiger partial charge in [0.05, 0.1) is 27.4 Å². The molecular weight excluding hydrogens is 332 g/mol. The molecular formula is C21H28O5. The van der Waals surface area contributed by atoms with Crippen molar-refractivity contribution < 1.29 is 24.4 Å². The lowest BCUT2D eigenvalue weighted by atomic mass is 9.83. The van der Waals surface area contributed by atoms with Gasteiger partial charge in [0.1, 0.15) is 0 Å². The molecule has 2 aromatic rings. The first kappa shape index (κ1) is 19.9. The Kier molecular flexibility index (Phi) is 6.75. The van der Waals surface area contributed by atoms with Gasteiger partial charge in [-0.1, -0.05) is 26.0 Å². The SMILES string of the molecule is COc1cc(C[C@@H](C)[C@H](C)[C@H](O)c2ccc(OC)c(OC)c2)ccc1O. The third kappa shape index (κ3) is 4.41. The van der Waals surface area contributed by atoms with Crippen LogP contribution in [-0.2, 0) is 6.42 Å². The van der Waals surface area contributed by atoms with Gasteiger partial charge in [-0.15, -0.1) is 0 Å². The van der Waals surface area contributed by atoms with E-state index < -0.39 is 6.10 Å². The molecule has 0 amide bonds. The zero-order valence-electron chi connectivity index (χ0n) is 16.0. The Bertz CT molecular complexity index is 728. The summed E-state index contributed by atoms with van der Waals surface area (Å²) < 4.78 is 15.7. The molecule has 0 fully saturated rings. The first-order chi connectivity index (χ1) is 12.4. The van der Waals surface area contributed by atoms with Crippen molar-refractivity contribution in [1.82, 2.24) is 0 Å². The summed E-state index contributed by atoms with van der Waals surface area (Å²) in [5.74, 6) is 2.07. The lowest BCUT2D eigenvalue weighted by molar-refractivity contribution is 0.0869. The Balaban J connectivity index is 2.13. The molecule has 0 aromatic heterocycles. The molecule has 0 radical (unpaired) electrons. The van der Waals surface area contributed by atoms with Crippen LogP contribution in [0, 0.1) is 11.8 Å². The standard InChI is InChI=1S/C21H28O5/c1-13(10-15-6-8-17(22)19(11-15)25-4)14(2)21(23)16-7-9-18(24-3)20(12-16)26-5/h6-9,11-14,21-23H,10H2,1-5H3/t13-,14+,21+/m1/s1. The van der Waals surface area contributed by atoms with E-state index in [1.54, 1.807) is 26.4 Å². The number of phenols is 1. The van der Waals surface area contributed by atoms with E-state index >= 15 is 0 Å². The Morgan fingerprint density at radius 3 is 2.12 bits per heavy atom. The van der Waals surface area contributed by atoms with E-state index in [-0.39, 0.29) is 17.6 Å². The molecule has 5 heteroatoms. The van der Waals surface area contributed by atoms with Gasteiger partial charge in [-0.2, -0.15) is 0 Å². The molecule has 0 heterocycles. The summed E-state index contributed by atoms with van der Waals surface area (Å²) >= 11 is 0. The first-order valence-electron chi connectivity index (χ1n) is 8.67. The van der Waals surface area contributed by atoms with Crippen molar-refractivity contribution in [3.63, 3.8) is 0 Å². The quantitative estimate of drug-likeness (QED) is 0.746. The number of aromatic hydroxyl groups is 1. The third-order valence-electron chi connectivity index (χ3n) is 4.95. The summed E-state index contributed by atoms with van der Waals surface area (Å²) in [4.78, 5) is 0. The summed E-state index contributed by atoms with van der Waals surface area (Å²) in [6.07, 6.45) is 0.145. The number of ether oxygens (including phenoxy) is 3. The number of aliphatic hydroxyl groups is 1. The van der Waals surface area contributed by atoms with E-state index in [4.69, 9.17) is 14.2 Å². The van der Waals surface area contributed by atoms with Crippen molar-refractivity contribution in [2.45, 2.75) is 26.4 Å². The van der Waals surface area contributed by atoms with E-state index in [1.165, 1.54) is 7.11 Å². The summed E-state index contributed by atoms with van der Waals surface area (Å²) in [5.41, 5.74) is 1.85. The summed E-state index contributed by atoms with van der Waals surface area (Å²) in [6.45, 7) is 4.14. The Labute approximate surface area is 155 Å². The average molecular weight is 360 g/mol. The molecule has 26 heavy (non-hydrogen) atoms. The number of aliphatic hydroxyl groups excluding tert-OH is 1. The summed E-state index contributed by atoms with van der Waals surface area (Å²) in [7, 11) is 4.70. The fourth-order valence-electron chi connectivity index (χ4n) is 3.06. The highest BCUT2D eigenvalue weighted by Gasteiger charge is 2.24. The zero-order chi connectivity index (χ0) is 19.3. The monoisotopic (exact) mass is 360 g/mol. The van der Waals surface area contributed by atoms with Gasteiger partial charge in [0.25, 0.3) is 0 Å². The minimum atomic E-state index is -0.621. The van der Waals surface area contributed by atoms with Gasteiger partial charge < -0.3 is 24.4 Å². The smallest absolute Gasteiger partial charge is 0.161 e. The van der Waals surface area contributed by atoms with E-state index in [0.717, 1.165) is 17.5 Å². The summed E-state index contributed by atoms with van der Waals surface area (Å²) in [5, 5.41) is 20.5. The Hall–Kier alpha value is -2.40. The van der Waals surface area contributed by atoms with Gasteiger partial charge in [-0.05, 0) is 53.6 Å². The second-order valence-electron chi connectivity index (χ2n) is 6.61. The molecule has 2 rings (SSSR count). The van der Waals surface area contributed by atoms with Crippen LogP contribution in [0.3, 0.4) is 0 Å². The number of hydrogen-bond acceptors (Lipinski definition) is 5. The molecule has 0 aliphatic carbocycles. The van der Waals surface area contributed by atoms with Crippen LogP contribution in [0.1, 0.15) is 31.1 Å². The third-order valence-corrected chi connectivity index (χ3v) is 4.95. The van der Waals surface area contributed by atoms with Gasteiger partial charge in [0, 0.05) is 0 Å². The van der Waals surface area contributed by atoms with E-state index in [1.807, 2.05) is 31.2 Å². The van der Waals surface area contributed by atoms with Crippen molar-refractivity contribution in [3.8, 4) is 23.0 Å². The van der Waals surface area contributed by atoms with Gasteiger partial charge >= 0.3 is 0 Å². The number of benzene rings is 2. The molecule has 5 nitrogen and oxygen atoms in total. The van der Waals surface area contributed by atoms with Crippen LogP contribution in [0.15, 0.2) is 36.4 Å². The molecule has 142 valence electrons. The van der Waals surface area contributed by atoms with Crippen molar-refractivity contribution in [2.75, 3.05) is 21.3 Å². The second kappa shape index (κ2) is 8.81. The molecule has 0 aliphatic heterocycles. The maximum atomic E-state index is 10.8. The largest absolute Gasteiger partial charge is 0.504 e. The Morgan fingerprint density at radius 2 is 1.50 bits per heavy atom. The van der Waals surface area contributed by atoms with Crippen LogP contribution in [0.5, 0.6) is 23.0 Å². The lowest BCUT2D eigenvalue weighted by Gasteiger charge is -2.26. The van der Waals surface area contributed by atoms with Crippen LogP contribution in [0.25, 0.3) is 0 Å². The first-order valence-corrected chi connectivity index (χ1v) is 8.67. The normalized spacial score (nSPS) is 14.4. The Morgan fingerprint density at radius 1 is 0.846 bits per heavy atom. The van der Waals surface area contributed by atoms with Crippen molar-refractivity contribution in [2.24, 2.45) is 11.8 Å². The molecule has 2 N–H and O–H groups in total. The van der Waals surface area contributed by atoms with Crippen molar-refractivity contribution >= 4 is 0 Å². The van der Waals surface area contributed by atoms with Crippen molar-refractivity contribution in [3.05, 3.63) is 47.5 Å². The topological polar surface area (TPSA) is 68.2 Å². The fourth-order valence-corrected chi connectivity index (χ4v) is 3.06. The molecule has 0 aliphatic rings. The van der Waals surface area contributed by atoms with E-state index in [9.17, 15) is 10.2 Å². The lowest BCUT2D eigenvalue weighted by Crippen LogP contribution is -2.19. The molecule has 2 aromatic carbocycles. The van der Waals surface area contributed by atoms with Crippen LogP contribution < -0.4 is 14.2 Å². The van der Waals surface area contributed by atoms with Gasteiger partial charge in [0.2, 0.25) is 0 Å². The van der Waals surface area contributed by atoms with Crippen LogP contribution in [0.4, 0.5) is 0 Å². The second-order valence-corrected chi connectivity index (χ2v) is 6.61. The van der Waals surface area contributed by atoms with Crippen LogP contribution in [0.2, 0.25) is 0 Å². The van der Waals surface area contributed by atoms with E-state index in [0.29, 0.717) is 17.2 Å². The maximum Gasteiger partial charge on any atom is 0.161 e. The minimum Gasteiger partial charge on any atom is -0.504 e. The highest BCUT2D eigenvalue weighted by Crippen LogP contribution is 2.36. The molecule has 0 spiro atoms. The van der Waals surface area contributed by atoms with Crippen LogP contribution in [-0.4, -0.2) is 31.5 Å². The highest BCUT2D eigenvalue weighted by molar-refractivity contribution is 5.44. The highest BCUT2D eigenvalue weighted by atomic mass is 16.5. The number of hydrogen-bond donors (Lipinski definition) is 2. The summed E-state index contributed by atoms with van der Waals surface area (Å²) in [6, 6.07) is 10.8. The number of methoxy groups -OCH3 is 3. The average Bonchev–Trinajstić information content (AvgIpc) is 2.67. The molecule has 0 unspecified atom stereocenters. The fraction of sp³-hybridized carbons (Fsp3) is 0.429. The van der Waals surface area contributed by atoms with Crippen molar-refractivity contribution in [1.29, 1.82) is 0 Å². The number of phenolic OH excluding ortho intramolecular Hbond substituents is 1. The van der Waals surface area contributed by atoms with Gasteiger partial charge in [-0.25, -0.2) is 0 Å². The van der Waals surface area contributed by atoms with Crippen LogP contribution >= 0.6 is 0 Å². The zero-order valence-corrected chi connectivity index (χ0v) is 16.0. The van der Waals surface area contributed by atoms with Gasteiger partial charge in [-0.3, -0.25) is 0 Å². The molecule has 0 bridgehead atoms. The van der Waals surface area contributed by atoms with E-state index in [2.05, 4.69) is 6.92 Å². The van der Waals surface area contributed by atoms with Gasteiger partial charge in [0.15, 0.2) is 23.0 Å². The predicted octanol–water partition coefficient (Wildman–Crippen LogP) is 3.97.